The van der Waals surface area contributed by atoms with Crippen molar-refractivity contribution in [1.82, 2.24) is 0 Å². The molecule has 0 spiro atoms. The molecule has 1 aromatic carbocycles. The summed E-state index contributed by atoms with van der Waals surface area (Å²) in [6.07, 6.45) is 0.267. The van der Waals surface area contributed by atoms with E-state index in [0.29, 0.717) is 12.3 Å². The quantitative estimate of drug-likeness (QED) is 0.692. The van der Waals surface area contributed by atoms with Crippen LogP contribution in [0.1, 0.15) is 10.4 Å². The lowest BCUT2D eigenvalue weighted by Crippen LogP contribution is -2.07. The topological polar surface area (TPSA) is 52.3 Å². The molecule has 2 N–H and O–H groups in total. The van der Waals surface area contributed by atoms with Crippen molar-refractivity contribution in [2.24, 2.45) is 0 Å². The molecule has 3 nitrogen and oxygen atoms in total. The van der Waals surface area contributed by atoms with Crippen molar-refractivity contribution in [3.63, 3.8) is 0 Å². The summed E-state index contributed by atoms with van der Waals surface area (Å²) < 4.78 is 6.19. The van der Waals surface area contributed by atoms with Crippen LogP contribution < -0.4 is 5.73 Å². The number of thiophene rings is 1. The number of nitrogens with two attached hydrogens (primary N) is 1. The minimum Gasteiger partial charge on any atom is -0.460 e. The molecule has 5 heteroatoms. The summed E-state index contributed by atoms with van der Waals surface area (Å²) in [6, 6.07) is 9.15. The maximum absolute atomic E-state index is 11.6. The number of halogens is 1. The van der Waals surface area contributed by atoms with Crippen molar-refractivity contribution in [2.75, 3.05) is 5.73 Å². The summed E-state index contributed by atoms with van der Waals surface area (Å²) >= 11 is 4.96. The number of carbonyl (C=O) groups is 1. The van der Waals surface area contributed by atoms with Crippen LogP contribution in [0.3, 0.4) is 0 Å². The van der Waals surface area contributed by atoms with E-state index < -0.39 is 0 Å². The Labute approximate surface area is 118 Å². The fourth-order valence-corrected chi connectivity index (χ4v) is 2.81. The van der Waals surface area contributed by atoms with Crippen LogP contribution in [0.2, 0.25) is 0 Å². The largest absolute Gasteiger partial charge is 0.460 e. The van der Waals surface area contributed by atoms with E-state index in [0.717, 1.165) is 14.9 Å². The van der Waals surface area contributed by atoms with Crippen LogP contribution in [-0.2, 0) is 22.6 Å². The first-order valence-electron chi connectivity index (χ1n) is 5.37. The van der Waals surface area contributed by atoms with Crippen LogP contribution in [0.25, 0.3) is 0 Å². The minimum absolute atomic E-state index is 0.236. The van der Waals surface area contributed by atoms with Gasteiger partial charge in [0.2, 0.25) is 0 Å². The summed E-state index contributed by atoms with van der Waals surface area (Å²) in [5.74, 6) is -0.236. The van der Waals surface area contributed by atoms with Crippen LogP contribution in [-0.4, -0.2) is 5.97 Å². The lowest BCUT2D eigenvalue weighted by molar-refractivity contribution is -0.144. The van der Waals surface area contributed by atoms with Crippen molar-refractivity contribution in [1.29, 1.82) is 0 Å². The van der Waals surface area contributed by atoms with Gasteiger partial charge in [-0.15, -0.1) is 11.3 Å². The zero-order valence-corrected chi connectivity index (χ0v) is 12.0. The molecule has 0 saturated carbocycles. The summed E-state index contributed by atoms with van der Waals surface area (Å²) in [5, 5.41) is 1.95. The van der Waals surface area contributed by atoms with Crippen molar-refractivity contribution in [3.8, 4) is 0 Å². The average molecular weight is 326 g/mol. The van der Waals surface area contributed by atoms with Gasteiger partial charge in [-0.25, -0.2) is 0 Å². The lowest BCUT2D eigenvalue weighted by atomic mass is 10.1. The predicted molar refractivity (Wildman–Crippen MR) is 76.4 cm³/mol. The smallest absolute Gasteiger partial charge is 0.310 e. The fraction of sp³-hybridized carbons (Fsp3) is 0.154. The Morgan fingerprint density at radius 2 is 2.00 bits per heavy atom. The third kappa shape index (κ3) is 3.58. The van der Waals surface area contributed by atoms with Gasteiger partial charge in [0, 0.05) is 10.2 Å². The van der Waals surface area contributed by atoms with E-state index in [1.165, 1.54) is 0 Å². The fourth-order valence-electron chi connectivity index (χ4n) is 1.43. The van der Waals surface area contributed by atoms with Crippen molar-refractivity contribution < 1.29 is 9.53 Å². The van der Waals surface area contributed by atoms with Crippen molar-refractivity contribution in [3.05, 3.63) is 50.6 Å². The van der Waals surface area contributed by atoms with E-state index in [1.54, 1.807) is 23.5 Å². The standard InChI is InChI=1S/C13H12BrNO2S/c14-11-5-6-18-12(11)8-17-13(16)7-9-1-3-10(15)4-2-9/h1-6H,7-8,15H2. The van der Waals surface area contributed by atoms with Crippen LogP contribution in [0, 0.1) is 0 Å². The van der Waals surface area contributed by atoms with E-state index in [1.807, 2.05) is 23.6 Å². The first-order chi connectivity index (χ1) is 8.65. The predicted octanol–water partition coefficient (Wildman–Crippen LogP) is 3.38. The maximum atomic E-state index is 11.6. The van der Waals surface area contributed by atoms with Gasteiger partial charge in [0.1, 0.15) is 6.61 Å². The van der Waals surface area contributed by atoms with Gasteiger partial charge in [-0.05, 0) is 45.1 Å². The molecule has 0 aliphatic heterocycles. The number of esters is 1. The summed E-state index contributed by atoms with van der Waals surface area (Å²) in [7, 11) is 0. The van der Waals surface area contributed by atoms with E-state index in [-0.39, 0.29) is 12.4 Å². The average Bonchev–Trinajstić information content (AvgIpc) is 2.75. The van der Waals surface area contributed by atoms with E-state index in [4.69, 9.17) is 10.5 Å². The molecule has 0 amide bonds. The highest BCUT2D eigenvalue weighted by atomic mass is 79.9. The molecule has 0 aliphatic rings. The second kappa shape index (κ2) is 6.02. The molecule has 18 heavy (non-hydrogen) atoms. The third-order valence-corrected chi connectivity index (χ3v) is 4.28. The highest BCUT2D eigenvalue weighted by molar-refractivity contribution is 9.10. The second-order valence-corrected chi connectivity index (χ2v) is 5.63. The Morgan fingerprint density at radius 1 is 1.28 bits per heavy atom. The summed E-state index contributed by atoms with van der Waals surface area (Å²) in [4.78, 5) is 12.7. The molecule has 94 valence electrons. The maximum Gasteiger partial charge on any atom is 0.310 e. The Bertz CT molecular complexity index is 536. The third-order valence-electron chi connectivity index (χ3n) is 2.38. The van der Waals surface area contributed by atoms with Gasteiger partial charge < -0.3 is 10.5 Å². The number of benzene rings is 1. The Balaban J connectivity index is 1.86. The van der Waals surface area contributed by atoms with Crippen LogP contribution in [0.4, 0.5) is 5.69 Å². The number of anilines is 1. The molecule has 0 atom stereocenters. The minimum atomic E-state index is -0.236. The molecule has 0 saturated heterocycles. The molecule has 1 aromatic heterocycles. The monoisotopic (exact) mass is 325 g/mol. The highest BCUT2D eigenvalue weighted by Gasteiger charge is 2.07. The van der Waals surface area contributed by atoms with Crippen LogP contribution in [0.15, 0.2) is 40.2 Å². The lowest BCUT2D eigenvalue weighted by Gasteiger charge is -2.04. The van der Waals surface area contributed by atoms with Gasteiger partial charge in [-0.3, -0.25) is 4.79 Å². The second-order valence-electron chi connectivity index (χ2n) is 3.77. The van der Waals surface area contributed by atoms with Gasteiger partial charge in [0.15, 0.2) is 0 Å². The van der Waals surface area contributed by atoms with Gasteiger partial charge >= 0.3 is 5.97 Å². The number of ether oxygens (including phenoxy) is 1. The van der Waals surface area contributed by atoms with E-state index >= 15 is 0 Å². The normalized spacial score (nSPS) is 10.3. The SMILES string of the molecule is Nc1ccc(CC(=O)OCc2sccc2Br)cc1. The molecule has 0 radical (unpaired) electrons. The number of carbonyl (C=O) groups excluding carboxylic acids is 1. The summed E-state index contributed by atoms with van der Waals surface area (Å²) in [5.41, 5.74) is 7.17. The number of nitrogen functional groups attached to an aromatic ring is 1. The summed E-state index contributed by atoms with van der Waals surface area (Å²) in [6.45, 7) is 0.312. The molecular weight excluding hydrogens is 314 g/mol. The van der Waals surface area contributed by atoms with Gasteiger partial charge in [0.05, 0.1) is 11.3 Å². The first kappa shape index (κ1) is 13.1. The van der Waals surface area contributed by atoms with Crippen molar-refractivity contribution >= 4 is 38.9 Å². The molecule has 1 heterocycles. The van der Waals surface area contributed by atoms with Gasteiger partial charge in [0.25, 0.3) is 0 Å². The first-order valence-corrected chi connectivity index (χ1v) is 7.04. The molecule has 0 bridgehead atoms. The van der Waals surface area contributed by atoms with Crippen molar-refractivity contribution in [2.45, 2.75) is 13.0 Å². The number of rotatable bonds is 4. The molecule has 2 rings (SSSR count). The van der Waals surface area contributed by atoms with Crippen LogP contribution in [0.5, 0.6) is 0 Å². The molecule has 0 aliphatic carbocycles. The Kier molecular flexibility index (Phi) is 4.38. The van der Waals surface area contributed by atoms with Gasteiger partial charge in [-0.1, -0.05) is 12.1 Å². The van der Waals surface area contributed by atoms with Gasteiger partial charge in [-0.2, -0.15) is 0 Å². The molecular formula is C13H12BrNO2S. The Hall–Kier alpha value is -1.33. The highest BCUT2D eigenvalue weighted by Crippen LogP contribution is 2.23. The molecule has 2 aromatic rings. The molecule has 0 unspecified atom stereocenters. The number of hydrogen-bond donors (Lipinski definition) is 1. The van der Waals surface area contributed by atoms with E-state index in [9.17, 15) is 4.79 Å². The zero-order chi connectivity index (χ0) is 13.0. The Morgan fingerprint density at radius 3 is 2.61 bits per heavy atom. The van der Waals surface area contributed by atoms with Crippen LogP contribution >= 0.6 is 27.3 Å². The zero-order valence-electron chi connectivity index (χ0n) is 9.56. The molecule has 0 fully saturated rings. The van der Waals surface area contributed by atoms with E-state index in [2.05, 4.69) is 15.9 Å². The number of hydrogen-bond acceptors (Lipinski definition) is 4.